The van der Waals surface area contributed by atoms with Crippen molar-refractivity contribution in [2.75, 3.05) is 11.2 Å². The second-order valence-corrected chi connectivity index (χ2v) is 7.89. The van der Waals surface area contributed by atoms with Crippen molar-refractivity contribution >= 4 is 35.3 Å². The van der Waals surface area contributed by atoms with Crippen molar-refractivity contribution < 1.29 is 23.5 Å². The summed E-state index contributed by atoms with van der Waals surface area (Å²) in [7, 11) is 0. The van der Waals surface area contributed by atoms with Crippen LogP contribution < -0.4 is 16.0 Å². The number of amides is 4. The molecule has 0 saturated carbocycles. The van der Waals surface area contributed by atoms with E-state index in [2.05, 4.69) is 10.6 Å². The predicted octanol–water partition coefficient (Wildman–Crippen LogP) is 3.56. The SMILES string of the molecule is CC(C)(Cc1ccc(F)cc1NC(=O)NC(=O)CCl)NC(=O)OC(C)(C)C. The molecule has 9 heteroatoms. The first kappa shape index (κ1) is 22.7. The van der Waals surface area contributed by atoms with Gasteiger partial charge in [0, 0.05) is 11.2 Å². The highest BCUT2D eigenvalue weighted by molar-refractivity contribution is 6.28. The molecule has 0 saturated heterocycles. The van der Waals surface area contributed by atoms with Gasteiger partial charge in [-0.25, -0.2) is 14.0 Å². The van der Waals surface area contributed by atoms with Gasteiger partial charge in [0.1, 0.15) is 17.3 Å². The molecule has 0 unspecified atom stereocenters. The number of hydrogen-bond donors (Lipinski definition) is 3. The molecule has 0 aliphatic carbocycles. The fraction of sp³-hybridized carbons (Fsp3) is 0.500. The molecule has 0 heterocycles. The third kappa shape index (κ3) is 8.72. The van der Waals surface area contributed by atoms with Gasteiger partial charge in [-0.1, -0.05) is 6.07 Å². The second-order valence-electron chi connectivity index (χ2n) is 7.62. The summed E-state index contributed by atoms with van der Waals surface area (Å²) in [5, 5.41) is 7.17. The first-order valence-corrected chi connectivity index (χ1v) is 8.81. The van der Waals surface area contributed by atoms with E-state index < -0.39 is 35.0 Å². The van der Waals surface area contributed by atoms with Crippen LogP contribution in [0, 0.1) is 5.82 Å². The predicted molar refractivity (Wildman–Crippen MR) is 101 cm³/mol. The molecular weight excluding hydrogens is 377 g/mol. The van der Waals surface area contributed by atoms with E-state index in [9.17, 15) is 18.8 Å². The van der Waals surface area contributed by atoms with Gasteiger partial charge in [-0.05, 0) is 58.7 Å². The van der Waals surface area contributed by atoms with E-state index in [1.165, 1.54) is 12.1 Å². The van der Waals surface area contributed by atoms with Gasteiger partial charge in [-0.15, -0.1) is 11.6 Å². The van der Waals surface area contributed by atoms with Crippen molar-refractivity contribution in [2.24, 2.45) is 0 Å². The Balaban J connectivity index is 2.91. The summed E-state index contributed by atoms with van der Waals surface area (Å²) in [4.78, 5) is 35.0. The summed E-state index contributed by atoms with van der Waals surface area (Å²) >= 11 is 5.33. The number of nitrogens with one attached hydrogen (secondary N) is 3. The van der Waals surface area contributed by atoms with E-state index in [-0.39, 0.29) is 18.0 Å². The van der Waals surface area contributed by atoms with Gasteiger partial charge in [-0.3, -0.25) is 10.1 Å². The molecule has 0 spiro atoms. The molecule has 0 radical (unpaired) electrons. The standard InChI is InChI=1S/C18H25ClFN3O4/c1-17(2,3)27-16(26)23-18(4,5)9-11-6-7-12(20)8-13(11)21-15(25)22-14(24)10-19/h6-8H,9-10H2,1-5H3,(H,23,26)(H2,21,22,24,25). The van der Waals surface area contributed by atoms with E-state index in [0.717, 1.165) is 6.07 Å². The Kier molecular flexibility index (Phi) is 7.59. The third-order valence-corrected chi connectivity index (χ3v) is 3.41. The lowest BCUT2D eigenvalue weighted by Crippen LogP contribution is -2.47. The zero-order chi connectivity index (χ0) is 20.8. The van der Waals surface area contributed by atoms with Crippen molar-refractivity contribution in [3.8, 4) is 0 Å². The minimum Gasteiger partial charge on any atom is -0.444 e. The topological polar surface area (TPSA) is 96.5 Å². The number of anilines is 1. The van der Waals surface area contributed by atoms with Crippen LogP contribution in [-0.2, 0) is 16.0 Å². The van der Waals surface area contributed by atoms with Crippen LogP contribution in [0.15, 0.2) is 18.2 Å². The minimum atomic E-state index is -0.828. The normalized spacial score (nSPS) is 11.5. The van der Waals surface area contributed by atoms with Gasteiger partial charge < -0.3 is 15.4 Å². The molecule has 0 fully saturated rings. The zero-order valence-corrected chi connectivity index (χ0v) is 16.8. The van der Waals surface area contributed by atoms with Gasteiger partial charge in [0.2, 0.25) is 5.91 Å². The Morgan fingerprint density at radius 3 is 2.33 bits per heavy atom. The van der Waals surface area contributed by atoms with Crippen LogP contribution in [0.1, 0.15) is 40.2 Å². The first-order chi connectivity index (χ1) is 12.3. The molecule has 0 aliphatic rings. The molecular formula is C18H25ClFN3O4. The number of alkyl carbamates (subject to hydrolysis) is 1. The van der Waals surface area contributed by atoms with Crippen molar-refractivity contribution in [3.63, 3.8) is 0 Å². The summed E-state index contributed by atoms with van der Waals surface area (Å²) in [6, 6.07) is 3.04. The highest BCUT2D eigenvalue weighted by atomic mass is 35.5. The number of benzene rings is 1. The molecule has 4 amide bonds. The zero-order valence-electron chi connectivity index (χ0n) is 16.0. The third-order valence-electron chi connectivity index (χ3n) is 3.17. The second kappa shape index (κ2) is 9.03. The fourth-order valence-corrected chi connectivity index (χ4v) is 2.30. The van der Waals surface area contributed by atoms with Crippen LogP contribution in [0.3, 0.4) is 0 Å². The van der Waals surface area contributed by atoms with Crippen molar-refractivity contribution in [2.45, 2.75) is 52.2 Å². The highest BCUT2D eigenvalue weighted by Gasteiger charge is 2.26. The first-order valence-electron chi connectivity index (χ1n) is 8.28. The number of imide groups is 1. The molecule has 1 aromatic rings. The number of ether oxygens (including phenoxy) is 1. The Morgan fingerprint density at radius 2 is 1.78 bits per heavy atom. The number of halogens is 2. The highest BCUT2D eigenvalue weighted by Crippen LogP contribution is 2.23. The number of urea groups is 1. The lowest BCUT2D eigenvalue weighted by atomic mass is 9.94. The van der Waals surface area contributed by atoms with Crippen molar-refractivity contribution in [3.05, 3.63) is 29.6 Å². The average molecular weight is 402 g/mol. The van der Waals surface area contributed by atoms with Gasteiger partial charge in [-0.2, -0.15) is 0 Å². The summed E-state index contributed by atoms with van der Waals surface area (Å²) < 4.78 is 18.8. The summed E-state index contributed by atoms with van der Waals surface area (Å²) in [6.45, 7) is 8.79. The summed E-state index contributed by atoms with van der Waals surface area (Å²) in [6.07, 6.45) is -0.319. The average Bonchev–Trinajstić information content (AvgIpc) is 2.46. The minimum absolute atomic E-state index is 0.175. The molecule has 0 bridgehead atoms. The summed E-state index contributed by atoms with van der Waals surface area (Å²) in [5.41, 5.74) is -0.658. The van der Waals surface area contributed by atoms with Crippen LogP contribution in [-0.4, -0.2) is 35.1 Å². The maximum atomic E-state index is 13.6. The molecule has 0 aliphatic heterocycles. The van der Waals surface area contributed by atoms with E-state index >= 15 is 0 Å². The number of rotatable bonds is 5. The lowest BCUT2D eigenvalue weighted by molar-refractivity contribution is -0.117. The van der Waals surface area contributed by atoms with Crippen LogP contribution >= 0.6 is 11.6 Å². The van der Waals surface area contributed by atoms with E-state index in [4.69, 9.17) is 16.3 Å². The van der Waals surface area contributed by atoms with Gasteiger partial charge in [0.15, 0.2) is 0 Å². The molecule has 7 nitrogen and oxygen atoms in total. The van der Waals surface area contributed by atoms with E-state index in [1.54, 1.807) is 34.6 Å². The fourth-order valence-electron chi connectivity index (χ4n) is 2.23. The van der Waals surface area contributed by atoms with Crippen molar-refractivity contribution in [1.29, 1.82) is 0 Å². The Morgan fingerprint density at radius 1 is 1.15 bits per heavy atom. The van der Waals surface area contributed by atoms with Crippen LogP contribution in [0.2, 0.25) is 0 Å². The van der Waals surface area contributed by atoms with E-state index in [0.29, 0.717) is 5.56 Å². The maximum Gasteiger partial charge on any atom is 0.408 e. The molecule has 1 rings (SSSR count). The maximum absolute atomic E-state index is 13.6. The molecule has 1 aromatic carbocycles. The van der Waals surface area contributed by atoms with Crippen LogP contribution in [0.5, 0.6) is 0 Å². The van der Waals surface area contributed by atoms with Crippen LogP contribution in [0.25, 0.3) is 0 Å². The monoisotopic (exact) mass is 401 g/mol. The lowest BCUT2D eigenvalue weighted by Gasteiger charge is -2.29. The quantitative estimate of drug-likeness (QED) is 0.657. The van der Waals surface area contributed by atoms with Gasteiger partial charge in [0.05, 0.1) is 0 Å². The molecule has 0 aromatic heterocycles. The molecule has 150 valence electrons. The van der Waals surface area contributed by atoms with E-state index in [1.807, 2.05) is 5.32 Å². The molecule has 0 atom stereocenters. The Labute approximate surface area is 163 Å². The smallest absolute Gasteiger partial charge is 0.408 e. The van der Waals surface area contributed by atoms with Crippen molar-refractivity contribution in [1.82, 2.24) is 10.6 Å². The van der Waals surface area contributed by atoms with Gasteiger partial charge >= 0.3 is 12.1 Å². The largest absolute Gasteiger partial charge is 0.444 e. The van der Waals surface area contributed by atoms with Crippen LogP contribution in [0.4, 0.5) is 19.7 Å². The number of alkyl halides is 1. The number of carbonyl (C=O) groups is 3. The number of hydrogen-bond acceptors (Lipinski definition) is 4. The van der Waals surface area contributed by atoms with Gasteiger partial charge in [0.25, 0.3) is 0 Å². The Hall–Kier alpha value is -2.35. The molecule has 3 N–H and O–H groups in total. The molecule has 27 heavy (non-hydrogen) atoms. The summed E-state index contributed by atoms with van der Waals surface area (Å²) in [5.74, 6) is -1.62. The number of carbonyl (C=O) groups excluding carboxylic acids is 3. The Bertz CT molecular complexity index is 717.